The second kappa shape index (κ2) is 7.64. The zero-order valence-electron chi connectivity index (χ0n) is 13.2. The first kappa shape index (κ1) is 15.3. The van der Waals surface area contributed by atoms with E-state index in [0.717, 1.165) is 49.5 Å². The van der Waals surface area contributed by atoms with Gasteiger partial charge in [0.15, 0.2) is 0 Å². The SMILES string of the molecule is CC1CCC(C(C)C)C(NCCCOCC2CC2)C1. The lowest BCUT2D eigenvalue weighted by Gasteiger charge is -2.38. The summed E-state index contributed by atoms with van der Waals surface area (Å²) in [5.41, 5.74) is 0. The molecule has 0 spiro atoms. The van der Waals surface area contributed by atoms with Crippen molar-refractivity contribution in [1.82, 2.24) is 5.32 Å². The summed E-state index contributed by atoms with van der Waals surface area (Å²) < 4.78 is 5.70. The molecule has 2 nitrogen and oxygen atoms in total. The van der Waals surface area contributed by atoms with Crippen LogP contribution in [-0.4, -0.2) is 25.8 Å². The van der Waals surface area contributed by atoms with E-state index < -0.39 is 0 Å². The number of rotatable bonds is 8. The van der Waals surface area contributed by atoms with Gasteiger partial charge in [-0.15, -0.1) is 0 Å². The van der Waals surface area contributed by atoms with Crippen molar-refractivity contribution >= 4 is 0 Å². The maximum absolute atomic E-state index is 5.70. The van der Waals surface area contributed by atoms with Gasteiger partial charge in [-0.1, -0.05) is 27.2 Å². The fourth-order valence-corrected chi connectivity index (χ4v) is 3.43. The largest absolute Gasteiger partial charge is 0.381 e. The molecule has 0 aromatic heterocycles. The minimum absolute atomic E-state index is 0.743. The van der Waals surface area contributed by atoms with E-state index in [1.54, 1.807) is 0 Å². The van der Waals surface area contributed by atoms with Crippen molar-refractivity contribution in [2.24, 2.45) is 23.7 Å². The molecule has 2 aliphatic carbocycles. The average Bonchev–Trinajstić information content (AvgIpc) is 3.17. The highest BCUT2D eigenvalue weighted by Gasteiger charge is 2.29. The smallest absolute Gasteiger partial charge is 0.0494 e. The Balaban J connectivity index is 1.58. The van der Waals surface area contributed by atoms with E-state index in [0.29, 0.717) is 0 Å². The van der Waals surface area contributed by atoms with Crippen molar-refractivity contribution in [2.75, 3.05) is 19.8 Å². The Morgan fingerprint density at radius 3 is 2.63 bits per heavy atom. The Kier molecular flexibility index (Phi) is 6.15. The molecule has 112 valence electrons. The van der Waals surface area contributed by atoms with Gasteiger partial charge in [0, 0.05) is 19.3 Å². The van der Waals surface area contributed by atoms with Crippen LogP contribution in [0, 0.1) is 23.7 Å². The second-order valence-electron chi connectivity index (χ2n) is 7.26. The Morgan fingerprint density at radius 2 is 1.95 bits per heavy atom. The van der Waals surface area contributed by atoms with Gasteiger partial charge in [-0.05, 0) is 62.3 Å². The molecule has 0 aromatic carbocycles. The highest BCUT2D eigenvalue weighted by atomic mass is 16.5. The van der Waals surface area contributed by atoms with Crippen LogP contribution in [0.2, 0.25) is 0 Å². The van der Waals surface area contributed by atoms with E-state index in [1.807, 2.05) is 0 Å². The Labute approximate surface area is 119 Å². The zero-order chi connectivity index (χ0) is 13.7. The zero-order valence-corrected chi connectivity index (χ0v) is 13.2. The van der Waals surface area contributed by atoms with Crippen LogP contribution in [0.4, 0.5) is 0 Å². The second-order valence-corrected chi connectivity index (χ2v) is 7.26. The summed E-state index contributed by atoms with van der Waals surface area (Å²) in [6.07, 6.45) is 8.16. The van der Waals surface area contributed by atoms with Crippen LogP contribution in [0.1, 0.15) is 59.3 Å². The molecule has 0 aliphatic heterocycles. The first-order valence-electron chi connectivity index (χ1n) is 8.48. The predicted octanol–water partition coefficient (Wildman–Crippen LogP) is 3.85. The molecule has 2 heteroatoms. The minimum Gasteiger partial charge on any atom is -0.381 e. The molecule has 3 atom stereocenters. The van der Waals surface area contributed by atoms with Crippen molar-refractivity contribution in [3.63, 3.8) is 0 Å². The van der Waals surface area contributed by atoms with Gasteiger partial charge < -0.3 is 10.1 Å². The van der Waals surface area contributed by atoms with Gasteiger partial charge in [0.25, 0.3) is 0 Å². The normalized spacial score (nSPS) is 31.9. The summed E-state index contributed by atoms with van der Waals surface area (Å²) in [5.74, 6) is 3.50. The molecule has 0 bridgehead atoms. The fraction of sp³-hybridized carbons (Fsp3) is 1.00. The predicted molar refractivity (Wildman–Crippen MR) is 81.3 cm³/mol. The van der Waals surface area contributed by atoms with Crippen molar-refractivity contribution in [3.05, 3.63) is 0 Å². The topological polar surface area (TPSA) is 21.3 Å². The highest BCUT2D eigenvalue weighted by molar-refractivity contribution is 4.85. The molecule has 2 rings (SSSR count). The van der Waals surface area contributed by atoms with Gasteiger partial charge in [0.05, 0.1) is 0 Å². The van der Waals surface area contributed by atoms with E-state index in [9.17, 15) is 0 Å². The summed E-state index contributed by atoms with van der Waals surface area (Å²) in [5, 5.41) is 3.81. The van der Waals surface area contributed by atoms with E-state index in [2.05, 4.69) is 26.1 Å². The quantitative estimate of drug-likeness (QED) is 0.674. The molecule has 2 saturated carbocycles. The van der Waals surface area contributed by atoms with Crippen LogP contribution in [0.15, 0.2) is 0 Å². The van der Waals surface area contributed by atoms with Gasteiger partial charge in [0.1, 0.15) is 0 Å². The Hall–Kier alpha value is -0.0800. The van der Waals surface area contributed by atoms with Gasteiger partial charge >= 0.3 is 0 Å². The summed E-state index contributed by atoms with van der Waals surface area (Å²) in [6.45, 7) is 10.3. The third kappa shape index (κ3) is 5.43. The summed E-state index contributed by atoms with van der Waals surface area (Å²) in [6, 6.07) is 0.743. The monoisotopic (exact) mass is 267 g/mol. The molecule has 2 aliphatic rings. The lowest BCUT2D eigenvalue weighted by atomic mass is 9.74. The molecule has 3 unspecified atom stereocenters. The number of ether oxygens (including phenoxy) is 1. The number of hydrogen-bond donors (Lipinski definition) is 1. The van der Waals surface area contributed by atoms with Gasteiger partial charge in [-0.25, -0.2) is 0 Å². The molecule has 0 heterocycles. The lowest BCUT2D eigenvalue weighted by molar-refractivity contribution is 0.117. The third-order valence-corrected chi connectivity index (χ3v) is 4.94. The summed E-state index contributed by atoms with van der Waals surface area (Å²) in [7, 11) is 0. The van der Waals surface area contributed by atoms with E-state index >= 15 is 0 Å². The van der Waals surface area contributed by atoms with Crippen LogP contribution in [0.25, 0.3) is 0 Å². The summed E-state index contributed by atoms with van der Waals surface area (Å²) in [4.78, 5) is 0. The number of hydrogen-bond acceptors (Lipinski definition) is 2. The molecular formula is C17H33NO. The standard InChI is InChI=1S/C17H33NO/c1-13(2)16-8-5-14(3)11-17(16)18-9-4-10-19-12-15-6-7-15/h13-18H,4-12H2,1-3H3. The maximum atomic E-state index is 5.70. The van der Waals surface area contributed by atoms with Crippen LogP contribution >= 0.6 is 0 Å². The maximum Gasteiger partial charge on any atom is 0.0494 e. The lowest BCUT2D eigenvalue weighted by Crippen LogP contribution is -2.43. The van der Waals surface area contributed by atoms with Gasteiger partial charge in [-0.2, -0.15) is 0 Å². The molecule has 19 heavy (non-hydrogen) atoms. The molecule has 0 radical (unpaired) electrons. The minimum atomic E-state index is 0.743. The van der Waals surface area contributed by atoms with E-state index in [-0.39, 0.29) is 0 Å². The third-order valence-electron chi connectivity index (χ3n) is 4.94. The van der Waals surface area contributed by atoms with Crippen LogP contribution in [-0.2, 0) is 4.74 Å². The fourth-order valence-electron chi connectivity index (χ4n) is 3.43. The van der Waals surface area contributed by atoms with Gasteiger partial charge in [-0.3, -0.25) is 0 Å². The molecule has 0 saturated heterocycles. The Bertz CT molecular complexity index is 250. The average molecular weight is 267 g/mol. The highest BCUT2D eigenvalue weighted by Crippen LogP contribution is 2.33. The van der Waals surface area contributed by atoms with Crippen molar-refractivity contribution in [2.45, 2.75) is 65.3 Å². The molecular weight excluding hydrogens is 234 g/mol. The van der Waals surface area contributed by atoms with Crippen molar-refractivity contribution in [3.8, 4) is 0 Å². The molecule has 2 fully saturated rings. The molecule has 1 N–H and O–H groups in total. The van der Waals surface area contributed by atoms with Crippen LogP contribution < -0.4 is 5.32 Å². The molecule has 0 amide bonds. The van der Waals surface area contributed by atoms with Crippen molar-refractivity contribution in [1.29, 1.82) is 0 Å². The van der Waals surface area contributed by atoms with Crippen LogP contribution in [0.3, 0.4) is 0 Å². The first-order valence-corrected chi connectivity index (χ1v) is 8.48. The first-order chi connectivity index (χ1) is 9.16. The van der Waals surface area contributed by atoms with E-state index in [1.165, 1.54) is 38.5 Å². The molecule has 0 aromatic rings. The van der Waals surface area contributed by atoms with Crippen molar-refractivity contribution < 1.29 is 4.74 Å². The van der Waals surface area contributed by atoms with Crippen LogP contribution in [0.5, 0.6) is 0 Å². The number of nitrogens with one attached hydrogen (secondary N) is 1. The van der Waals surface area contributed by atoms with Gasteiger partial charge in [0.2, 0.25) is 0 Å². The van der Waals surface area contributed by atoms with E-state index in [4.69, 9.17) is 4.74 Å². The Morgan fingerprint density at radius 1 is 1.16 bits per heavy atom. The summed E-state index contributed by atoms with van der Waals surface area (Å²) >= 11 is 0.